The Kier molecular flexibility index (Phi) is 26.1. The van der Waals surface area contributed by atoms with Crippen molar-refractivity contribution in [1.82, 2.24) is 9.80 Å². The van der Waals surface area contributed by atoms with Gasteiger partial charge in [-0.1, -0.05) is 204 Å². The van der Waals surface area contributed by atoms with Crippen molar-refractivity contribution in [2.75, 3.05) is 26.3 Å². The summed E-state index contributed by atoms with van der Waals surface area (Å²) >= 11 is 16.6. The number of nitrogens with zero attached hydrogens (tertiary/aromatic N) is 2. The van der Waals surface area contributed by atoms with Gasteiger partial charge in [0.1, 0.15) is 8.64 Å². The van der Waals surface area contributed by atoms with E-state index in [2.05, 4.69) is 27.7 Å². The summed E-state index contributed by atoms with van der Waals surface area (Å²) in [7, 11) is 0. The van der Waals surface area contributed by atoms with Crippen LogP contribution in [-0.4, -0.2) is 68.5 Å². The monoisotopic (exact) mass is 988 g/mol. The minimum Gasteiger partial charge on any atom is -0.462 e. The number of esters is 2. The summed E-state index contributed by atoms with van der Waals surface area (Å²) in [6.45, 7) is 10.5. The zero-order valence-electron chi connectivity index (χ0n) is 38.9. The maximum atomic E-state index is 13.9. The Morgan fingerprint density at radius 2 is 0.812 bits per heavy atom. The van der Waals surface area contributed by atoms with Crippen molar-refractivity contribution >= 4 is 115 Å². The maximum Gasteiger partial charge on any atom is 0.339 e. The highest BCUT2D eigenvalue weighted by Gasteiger charge is 2.34. The standard InChI is InChI=1S/C50H72N2O6S6/c1-5-9-13-17-19-21-23-25-29-51-45(53)41(63-49(51)59)35-37-33-39(47(55)57-31-27-15-11-7-3)43(61-37)44-40(48(56)58-32-28-16-12-8-4)34-38(62-44)36-42-46(54)52(50(60)64-42)30-26-24-22-20-18-14-10-6-2/h33-36H,5-32H2,1-4H3/b41-35-,42-36-. The lowest BCUT2D eigenvalue weighted by molar-refractivity contribution is -0.123. The molecule has 2 aliphatic heterocycles. The van der Waals surface area contributed by atoms with E-state index in [4.69, 9.17) is 33.9 Å². The molecule has 0 N–H and O–H groups in total. The molecule has 2 saturated heterocycles. The van der Waals surface area contributed by atoms with E-state index < -0.39 is 11.9 Å². The van der Waals surface area contributed by atoms with E-state index >= 15 is 0 Å². The average Bonchev–Trinajstić information content (AvgIpc) is 4.03. The molecule has 0 spiro atoms. The summed E-state index contributed by atoms with van der Waals surface area (Å²) in [6, 6.07) is 3.52. The Hall–Kier alpha value is -2.36. The smallest absolute Gasteiger partial charge is 0.339 e. The molecule has 0 atom stereocenters. The summed E-state index contributed by atoms with van der Waals surface area (Å²) in [6.07, 6.45) is 30.0. The molecule has 2 fully saturated rings. The van der Waals surface area contributed by atoms with Crippen LogP contribution in [0, 0.1) is 0 Å². The van der Waals surface area contributed by atoms with Gasteiger partial charge in [0, 0.05) is 22.8 Å². The third-order valence-electron chi connectivity index (χ3n) is 11.4. The molecule has 0 bridgehead atoms. The number of carbonyl (C=O) groups is 4. The van der Waals surface area contributed by atoms with Crippen LogP contribution in [0.15, 0.2) is 21.9 Å². The van der Waals surface area contributed by atoms with Gasteiger partial charge in [0.25, 0.3) is 11.8 Å². The number of thioether (sulfide) groups is 2. The van der Waals surface area contributed by atoms with Crippen molar-refractivity contribution in [1.29, 1.82) is 0 Å². The predicted molar refractivity (Wildman–Crippen MR) is 281 cm³/mol. The van der Waals surface area contributed by atoms with Crippen LogP contribution in [0.5, 0.6) is 0 Å². The van der Waals surface area contributed by atoms with E-state index in [9.17, 15) is 19.2 Å². The quantitative estimate of drug-likeness (QED) is 0.0298. The minimum atomic E-state index is -0.486. The zero-order chi connectivity index (χ0) is 46.1. The van der Waals surface area contributed by atoms with E-state index in [1.54, 1.807) is 34.1 Å². The zero-order valence-corrected chi connectivity index (χ0v) is 43.8. The molecule has 2 amide bonds. The molecule has 64 heavy (non-hydrogen) atoms. The number of thiocarbonyl (C=S) groups is 2. The topological polar surface area (TPSA) is 93.2 Å². The average molecular weight is 990 g/mol. The van der Waals surface area contributed by atoms with Crippen LogP contribution in [0.4, 0.5) is 0 Å². The largest absolute Gasteiger partial charge is 0.462 e. The van der Waals surface area contributed by atoms with Gasteiger partial charge < -0.3 is 9.47 Å². The molecule has 2 aliphatic rings. The Bertz CT molecular complexity index is 1760. The summed E-state index contributed by atoms with van der Waals surface area (Å²) in [4.78, 5) is 62.2. The molecule has 4 heterocycles. The molecule has 2 aromatic heterocycles. The lowest BCUT2D eigenvalue weighted by Crippen LogP contribution is -2.28. The van der Waals surface area contributed by atoms with Crippen LogP contribution in [-0.2, 0) is 19.1 Å². The molecule has 354 valence electrons. The summed E-state index contributed by atoms with van der Waals surface area (Å²) < 4.78 is 12.8. The first-order valence-electron chi connectivity index (χ1n) is 24.3. The van der Waals surface area contributed by atoms with Gasteiger partial charge in [0.2, 0.25) is 0 Å². The van der Waals surface area contributed by atoms with E-state index in [0.717, 1.165) is 89.9 Å². The predicted octanol–water partition coefficient (Wildman–Crippen LogP) is 15.6. The van der Waals surface area contributed by atoms with E-state index in [0.29, 0.717) is 62.2 Å². The molecule has 14 heteroatoms. The van der Waals surface area contributed by atoms with Gasteiger partial charge >= 0.3 is 11.9 Å². The highest BCUT2D eigenvalue weighted by molar-refractivity contribution is 8.27. The number of hydrogen-bond acceptors (Lipinski definition) is 12. The number of rotatable bonds is 33. The molecular formula is C50H72N2O6S6. The fourth-order valence-corrected chi connectivity index (χ4v) is 12.7. The second kappa shape index (κ2) is 30.8. The lowest BCUT2D eigenvalue weighted by atomic mass is 10.1. The molecule has 0 unspecified atom stereocenters. The second-order valence-corrected chi connectivity index (χ2v) is 22.3. The Balaban J connectivity index is 1.61. The molecule has 2 aromatic rings. The number of thiophene rings is 2. The van der Waals surface area contributed by atoms with Crippen molar-refractivity contribution < 1.29 is 28.7 Å². The summed E-state index contributed by atoms with van der Waals surface area (Å²) in [5.41, 5.74) is 0.645. The Labute approximate surface area is 411 Å². The number of carbonyl (C=O) groups excluding carboxylic acids is 4. The molecule has 4 rings (SSSR count). The maximum absolute atomic E-state index is 13.9. The van der Waals surface area contributed by atoms with Gasteiger partial charge in [-0.25, -0.2) is 9.59 Å². The molecule has 0 aliphatic carbocycles. The van der Waals surface area contributed by atoms with Crippen molar-refractivity contribution in [3.8, 4) is 9.75 Å². The van der Waals surface area contributed by atoms with Gasteiger partial charge in [-0.05, 0) is 50.0 Å². The van der Waals surface area contributed by atoms with Gasteiger partial charge in [-0.2, -0.15) is 0 Å². The van der Waals surface area contributed by atoms with Crippen molar-refractivity contribution in [2.45, 2.75) is 182 Å². The highest BCUT2D eigenvalue weighted by Crippen LogP contribution is 2.44. The number of unbranched alkanes of at least 4 members (excludes halogenated alkanes) is 20. The van der Waals surface area contributed by atoms with Crippen molar-refractivity contribution in [3.63, 3.8) is 0 Å². The second-order valence-electron chi connectivity index (χ2n) is 16.8. The van der Waals surface area contributed by atoms with Crippen molar-refractivity contribution in [3.05, 3.63) is 42.8 Å². The normalized spacial score (nSPS) is 15.5. The first kappa shape index (κ1) is 54.2. The van der Waals surface area contributed by atoms with Gasteiger partial charge in [0.05, 0.1) is 43.9 Å². The summed E-state index contributed by atoms with van der Waals surface area (Å²) in [5.74, 6) is -1.22. The molecule has 8 nitrogen and oxygen atoms in total. The number of ether oxygens (including phenoxy) is 2. The van der Waals surface area contributed by atoms with E-state index in [1.807, 2.05) is 0 Å². The fraction of sp³-hybridized carbons (Fsp3) is 0.640. The van der Waals surface area contributed by atoms with E-state index in [1.165, 1.54) is 110 Å². The lowest BCUT2D eigenvalue weighted by Gasteiger charge is -2.14. The number of hydrogen-bond donors (Lipinski definition) is 0. The first-order chi connectivity index (χ1) is 31.1. The third-order valence-corrected chi connectivity index (χ3v) is 16.5. The molecule has 0 saturated carbocycles. The van der Waals surface area contributed by atoms with Crippen LogP contribution in [0.25, 0.3) is 21.9 Å². The first-order valence-corrected chi connectivity index (χ1v) is 28.3. The molecule has 0 radical (unpaired) electrons. The van der Waals surface area contributed by atoms with Gasteiger partial charge in [-0.15, -0.1) is 22.7 Å². The third kappa shape index (κ3) is 17.7. The van der Waals surface area contributed by atoms with Gasteiger partial charge in [-0.3, -0.25) is 19.4 Å². The van der Waals surface area contributed by atoms with E-state index in [-0.39, 0.29) is 25.0 Å². The number of amides is 2. The van der Waals surface area contributed by atoms with Crippen LogP contribution in [0.3, 0.4) is 0 Å². The van der Waals surface area contributed by atoms with Crippen LogP contribution in [0.1, 0.15) is 212 Å². The fourth-order valence-electron chi connectivity index (χ4n) is 7.60. The van der Waals surface area contributed by atoms with Crippen molar-refractivity contribution in [2.24, 2.45) is 0 Å². The minimum absolute atomic E-state index is 0.126. The summed E-state index contributed by atoms with van der Waals surface area (Å²) in [5, 5.41) is 0. The Morgan fingerprint density at radius 3 is 1.16 bits per heavy atom. The van der Waals surface area contributed by atoms with Crippen LogP contribution in [0.2, 0.25) is 0 Å². The van der Waals surface area contributed by atoms with Crippen LogP contribution < -0.4 is 0 Å². The SMILES string of the molecule is CCCCCCCCCCN1C(=O)/C(=C/c2cc(C(=O)OCCCCCC)c(-c3sc(/C=C4\SC(=S)N(CCCCCCCCCC)C4=O)cc3C(=O)OCCCCCC)s2)SC1=S. The Morgan fingerprint density at radius 1 is 0.500 bits per heavy atom. The molecular weight excluding hydrogens is 917 g/mol. The highest BCUT2D eigenvalue weighted by atomic mass is 32.2. The van der Waals surface area contributed by atoms with Crippen LogP contribution >= 0.6 is 70.6 Å². The van der Waals surface area contributed by atoms with Gasteiger partial charge in [0.15, 0.2) is 0 Å². The molecule has 0 aromatic carbocycles.